The number of hydrogen-bond donors (Lipinski definition) is 0. The van der Waals surface area contributed by atoms with Gasteiger partial charge in [0.2, 0.25) is 5.95 Å². The first-order valence-electron chi connectivity index (χ1n) is 17.3. The molecule has 11 rings (SSSR count). The van der Waals surface area contributed by atoms with Gasteiger partial charge < -0.3 is 0 Å². The fraction of sp³-hybridized carbons (Fsp3) is 0. The summed E-state index contributed by atoms with van der Waals surface area (Å²) in [6, 6.07) is 60.1. The fourth-order valence-electron chi connectivity index (χ4n) is 8.01. The summed E-state index contributed by atoms with van der Waals surface area (Å²) in [5, 5.41) is 10.1. The summed E-state index contributed by atoms with van der Waals surface area (Å²) < 4.78 is 2.24. The van der Waals surface area contributed by atoms with Crippen molar-refractivity contribution >= 4 is 54.1 Å². The molecule has 0 spiro atoms. The highest BCUT2D eigenvalue weighted by Crippen LogP contribution is 2.46. The average molecular weight is 649 g/mol. The zero-order valence-corrected chi connectivity index (χ0v) is 27.5. The zero-order chi connectivity index (χ0) is 33.5. The number of rotatable bonds is 5. The Balaban J connectivity index is 1.16. The SMILES string of the molecule is c1ccc(-c2ccc(-c3nc(-c4ccc(-c5ccccc5)cc4)nc(-n4c5cccc6c7cccc8ccc9ccc4c(c9c87)c65)n3)cc2)cc1. The van der Waals surface area contributed by atoms with E-state index in [0.29, 0.717) is 17.6 Å². The highest BCUT2D eigenvalue weighted by molar-refractivity contribution is 6.40. The molecule has 2 heterocycles. The standard InChI is InChI=1S/C47H28N4/c1-3-9-29(10-4-1)31-17-23-35(24-18-31)45-48-46(36-25-19-32(20-26-36)30-11-5-2-6-12-30)50-47(49-45)51-39-16-8-15-38-37-14-7-13-33-21-22-34-27-28-40(51)44(43(38)39)42(34)41(33)37/h1-28H. The van der Waals surface area contributed by atoms with Crippen LogP contribution in [0.2, 0.25) is 0 Å². The van der Waals surface area contributed by atoms with E-state index in [1.807, 2.05) is 12.1 Å². The summed E-state index contributed by atoms with van der Waals surface area (Å²) in [6.07, 6.45) is 0. The first-order valence-corrected chi connectivity index (χ1v) is 17.3. The van der Waals surface area contributed by atoms with Gasteiger partial charge in [0.25, 0.3) is 0 Å². The molecule has 236 valence electrons. The molecule has 0 saturated carbocycles. The molecule has 0 bridgehead atoms. The van der Waals surface area contributed by atoms with Gasteiger partial charge in [0.05, 0.1) is 11.0 Å². The minimum absolute atomic E-state index is 0.601. The first-order chi connectivity index (χ1) is 25.3. The molecule has 11 aromatic rings. The summed E-state index contributed by atoms with van der Waals surface area (Å²) in [6.45, 7) is 0. The van der Waals surface area contributed by atoms with E-state index in [1.54, 1.807) is 0 Å². The van der Waals surface area contributed by atoms with E-state index in [9.17, 15) is 0 Å². The predicted molar refractivity (Wildman–Crippen MR) is 211 cm³/mol. The second-order valence-corrected chi connectivity index (χ2v) is 13.2. The van der Waals surface area contributed by atoms with Crippen LogP contribution in [-0.2, 0) is 0 Å². The van der Waals surface area contributed by atoms with Crippen molar-refractivity contribution in [1.29, 1.82) is 0 Å². The number of nitrogens with zero attached hydrogens (tertiary/aromatic N) is 4. The van der Waals surface area contributed by atoms with Gasteiger partial charge in [-0.05, 0) is 61.3 Å². The lowest BCUT2D eigenvalue weighted by molar-refractivity contribution is 0.954. The van der Waals surface area contributed by atoms with Gasteiger partial charge in [0, 0.05) is 27.3 Å². The molecule has 0 unspecified atom stereocenters. The lowest BCUT2D eigenvalue weighted by atomic mass is 9.89. The summed E-state index contributed by atoms with van der Waals surface area (Å²) in [4.78, 5) is 15.6. The van der Waals surface area contributed by atoms with Crippen LogP contribution in [-0.4, -0.2) is 19.5 Å². The van der Waals surface area contributed by atoms with Crippen LogP contribution in [0.25, 0.3) is 105 Å². The third-order valence-corrected chi connectivity index (χ3v) is 10.4. The van der Waals surface area contributed by atoms with Crippen molar-refractivity contribution in [2.45, 2.75) is 0 Å². The molecule has 0 fully saturated rings. The molecule has 2 aromatic heterocycles. The molecule has 51 heavy (non-hydrogen) atoms. The van der Waals surface area contributed by atoms with Crippen LogP contribution in [0.3, 0.4) is 0 Å². The third kappa shape index (κ3) is 4.23. The van der Waals surface area contributed by atoms with Crippen LogP contribution in [0.15, 0.2) is 170 Å². The maximum atomic E-state index is 5.25. The molecule has 0 radical (unpaired) electrons. The molecule has 4 heteroatoms. The van der Waals surface area contributed by atoms with Crippen LogP contribution >= 0.6 is 0 Å². The highest BCUT2D eigenvalue weighted by Gasteiger charge is 2.24. The number of fused-ring (bicyclic) bond motifs is 1. The first kappa shape index (κ1) is 28.0. The molecule has 9 aromatic carbocycles. The molecule has 0 amide bonds. The average Bonchev–Trinajstić information content (AvgIpc) is 3.56. The van der Waals surface area contributed by atoms with E-state index in [4.69, 9.17) is 15.0 Å². The van der Waals surface area contributed by atoms with Crippen molar-refractivity contribution in [1.82, 2.24) is 19.5 Å². The van der Waals surface area contributed by atoms with Gasteiger partial charge in [-0.3, -0.25) is 4.57 Å². The van der Waals surface area contributed by atoms with Gasteiger partial charge in [-0.2, -0.15) is 9.97 Å². The molecule has 0 aliphatic heterocycles. The van der Waals surface area contributed by atoms with E-state index >= 15 is 0 Å². The van der Waals surface area contributed by atoms with Gasteiger partial charge in [-0.15, -0.1) is 0 Å². The Labute approximate surface area is 293 Å². The van der Waals surface area contributed by atoms with Crippen LogP contribution in [0.4, 0.5) is 0 Å². The van der Waals surface area contributed by atoms with Gasteiger partial charge in [0.15, 0.2) is 11.6 Å². The van der Waals surface area contributed by atoms with E-state index < -0.39 is 0 Å². The van der Waals surface area contributed by atoms with Crippen molar-refractivity contribution in [3.63, 3.8) is 0 Å². The van der Waals surface area contributed by atoms with Gasteiger partial charge in [-0.25, -0.2) is 4.98 Å². The van der Waals surface area contributed by atoms with Crippen LogP contribution in [0.1, 0.15) is 0 Å². The Bertz CT molecular complexity index is 2930. The zero-order valence-electron chi connectivity index (χ0n) is 27.5. The van der Waals surface area contributed by atoms with Crippen molar-refractivity contribution in [2.24, 2.45) is 0 Å². The third-order valence-electron chi connectivity index (χ3n) is 10.4. The lowest BCUT2D eigenvalue weighted by Gasteiger charge is -2.13. The maximum Gasteiger partial charge on any atom is 0.238 e. The Morgan fingerprint density at radius 3 is 1.37 bits per heavy atom. The van der Waals surface area contributed by atoms with E-state index in [0.717, 1.165) is 33.3 Å². The molecule has 0 saturated heterocycles. The second-order valence-electron chi connectivity index (χ2n) is 13.2. The summed E-state index contributed by atoms with van der Waals surface area (Å²) >= 11 is 0. The van der Waals surface area contributed by atoms with Crippen molar-refractivity contribution in [3.05, 3.63) is 170 Å². The second kappa shape index (κ2) is 10.8. The Kier molecular flexibility index (Phi) is 5.92. The monoisotopic (exact) mass is 648 g/mol. The maximum absolute atomic E-state index is 5.25. The predicted octanol–water partition coefficient (Wildman–Crippen LogP) is 12.0. The van der Waals surface area contributed by atoms with Crippen LogP contribution in [0, 0.1) is 0 Å². The van der Waals surface area contributed by atoms with Gasteiger partial charge in [0.1, 0.15) is 0 Å². The Morgan fingerprint density at radius 1 is 0.294 bits per heavy atom. The molecule has 4 nitrogen and oxygen atoms in total. The largest absolute Gasteiger partial charge is 0.278 e. The minimum Gasteiger partial charge on any atom is -0.278 e. The van der Waals surface area contributed by atoms with E-state index in [2.05, 4.69) is 162 Å². The normalized spacial score (nSPS) is 11.9. The van der Waals surface area contributed by atoms with Gasteiger partial charge in [-0.1, -0.05) is 158 Å². The van der Waals surface area contributed by atoms with Gasteiger partial charge >= 0.3 is 0 Å². The summed E-state index contributed by atoms with van der Waals surface area (Å²) in [7, 11) is 0. The van der Waals surface area contributed by atoms with Crippen LogP contribution < -0.4 is 0 Å². The Hall–Kier alpha value is -6.91. The van der Waals surface area contributed by atoms with Crippen molar-refractivity contribution < 1.29 is 0 Å². The van der Waals surface area contributed by atoms with Crippen molar-refractivity contribution in [2.75, 3.05) is 0 Å². The molecule has 0 aliphatic carbocycles. The fourth-order valence-corrected chi connectivity index (χ4v) is 8.01. The minimum atomic E-state index is 0.601. The molecular formula is C47H28N4. The molecular weight excluding hydrogens is 621 g/mol. The van der Waals surface area contributed by atoms with Crippen molar-refractivity contribution in [3.8, 4) is 51.0 Å². The highest BCUT2D eigenvalue weighted by atomic mass is 15.2. The topological polar surface area (TPSA) is 43.6 Å². The molecule has 0 atom stereocenters. The number of benzene rings is 9. The quantitative estimate of drug-likeness (QED) is 0.138. The van der Waals surface area contributed by atoms with Crippen LogP contribution in [0.5, 0.6) is 0 Å². The summed E-state index contributed by atoms with van der Waals surface area (Å²) in [5.74, 6) is 1.87. The van der Waals surface area contributed by atoms with E-state index in [1.165, 1.54) is 54.2 Å². The van der Waals surface area contributed by atoms with E-state index in [-0.39, 0.29) is 0 Å². The number of hydrogen-bond acceptors (Lipinski definition) is 3. The molecule has 0 N–H and O–H groups in total. The smallest absolute Gasteiger partial charge is 0.238 e. The number of aromatic nitrogens is 4. The Morgan fingerprint density at radius 2 is 0.765 bits per heavy atom. The lowest BCUT2D eigenvalue weighted by Crippen LogP contribution is -2.06. The summed E-state index contributed by atoms with van der Waals surface area (Å²) in [5.41, 5.74) is 8.70. The molecule has 0 aliphatic rings.